The van der Waals surface area contributed by atoms with E-state index in [2.05, 4.69) is 5.32 Å². The molecule has 2 rings (SSSR count). The van der Waals surface area contributed by atoms with Crippen LogP contribution in [0.2, 0.25) is 5.02 Å². The highest BCUT2D eigenvalue weighted by molar-refractivity contribution is 6.30. The van der Waals surface area contributed by atoms with Gasteiger partial charge in [-0.2, -0.15) is 0 Å². The molecule has 4 nitrogen and oxygen atoms in total. The van der Waals surface area contributed by atoms with Gasteiger partial charge in [0.1, 0.15) is 11.5 Å². The van der Waals surface area contributed by atoms with Crippen molar-refractivity contribution in [3.63, 3.8) is 0 Å². The zero-order valence-electron chi connectivity index (χ0n) is 14.0. The fraction of sp³-hybridized carbons (Fsp3) is 0.316. The molecule has 24 heavy (non-hydrogen) atoms. The molecular weight excluding hydrogens is 326 g/mol. The normalized spacial score (nSPS) is 10.3. The van der Waals surface area contributed by atoms with E-state index in [1.165, 1.54) is 0 Å². The summed E-state index contributed by atoms with van der Waals surface area (Å²) >= 11 is 5.85. The molecular formula is C19H22ClNO3. The van der Waals surface area contributed by atoms with Crippen molar-refractivity contribution in [1.82, 2.24) is 5.32 Å². The number of hydrogen-bond donors (Lipinski definition) is 1. The van der Waals surface area contributed by atoms with Crippen LogP contribution in [0.3, 0.4) is 0 Å². The van der Waals surface area contributed by atoms with Gasteiger partial charge in [0.05, 0.1) is 14.2 Å². The average Bonchev–Trinajstić information content (AvgIpc) is 2.61. The lowest BCUT2D eigenvalue weighted by Crippen LogP contribution is -2.25. The Balaban J connectivity index is 1.77. The van der Waals surface area contributed by atoms with E-state index in [1.54, 1.807) is 14.2 Å². The zero-order valence-corrected chi connectivity index (χ0v) is 14.7. The number of ether oxygens (including phenoxy) is 2. The van der Waals surface area contributed by atoms with Crippen LogP contribution in [-0.2, 0) is 17.6 Å². The molecule has 0 spiro atoms. The third-order valence-corrected chi connectivity index (χ3v) is 3.95. The molecule has 2 aromatic rings. The topological polar surface area (TPSA) is 47.6 Å². The van der Waals surface area contributed by atoms with Gasteiger partial charge in [0.15, 0.2) is 0 Å². The largest absolute Gasteiger partial charge is 0.497 e. The number of carbonyl (C=O) groups is 1. The molecule has 0 unspecified atom stereocenters. The Morgan fingerprint density at radius 2 is 1.58 bits per heavy atom. The smallest absolute Gasteiger partial charge is 0.220 e. The third kappa shape index (κ3) is 5.78. The number of methoxy groups -OCH3 is 2. The molecule has 0 aliphatic rings. The second-order valence-electron chi connectivity index (χ2n) is 5.45. The lowest BCUT2D eigenvalue weighted by atomic mass is 10.1. The first-order chi connectivity index (χ1) is 11.6. The van der Waals surface area contributed by atoms with Gasteiger partial charge in [-0.25, -0.2) is 0 Å². The lowest BCUT2D eigenvalue weighted by molar-refractivity contribution is -0.121. The van der Waals surface area contributed by atoms with Gasteiger partial charge < -0.3 is 14.8 Å². The molecule has 5 heteroatoms. The molecule has 0 bridgehead atoms. The first-order valence-corrected chi connectivity index (χ1v) is 8.21. The summed E-state index contributed by atoms with van der Waals surface area (Å²) < 4.78 is 10.5. The Hall–Kier alpha value is -2.20. The van der Waals surface area contributed by atoms with Crippen LogP contribution in [0.25, 0.3) is 0 Å². The quantitative estimate of drug-likeness (QED) is 0.793. The van der Waals surface area contributed by atoms with Crippen molar-refractivity contribution in [3.8, 4) is 11.5 Å². The van der Waals surface area contributed by atoms with Crippen LogP contribution in [0, 0.1) is 0 Å². The first-order valence-electron chi connectivity index (χ1n) is 7.84. The summed E-state index contributed by atoms with van der Waals surface area (Å²) in [6.07, 6.45) is 1.85. The minimum absolute atomic E-state index is 0.0331. The van der Waals surface area contributed by atoms with Crippen molar-refractivity contribution in [3.05, 3.63) is 58.6 Å². The van der Waals surface area contributed by atoms with Crippen molar-refractivity contribution in [2.24, 2.45) is 0 Å². The fourth-order valence-corrected chi connectivity index (χ4v) is 2.48. The van der Waals surface area contributed by atoms with Crippen LogP contribution in [0.15, 0.2) is 42.5 Å². The molecule has 0 radical (unpaired) electrons. The maximum Gasteiger partial charge on any atom is 0.220 e. The van der Waals surface area contributed by atoms with Gasteiger partial charge in [-0.3, -0.25) is 4.79 Å². The van der Waals surface area contributed by atoms with Crippen LogP contribution >= 0.6 is 11.6 Å². The number of aryl methyl sites for hydroxylation is 1. The Morgan fingerprint density at radius 1 is 0.958 bits per heavy atom. The van der Waals surface area contributed by atoms with Crippen molar-refractivity contribution in [2.45, 2.75) is 19.3 Å². The Bertz CT molecular complexity index is 649. The molecule has 1 N–H and O–H groups in total. The molecule has 0 saturated carbocycles. The van der Waals surface area contributed by atoms with E-state index in [0.717, 1.165) is 34.1 Å². The van der Waals surface area contributed by atoms with E-state index >= 15 is 0 Å². The summed E-state index contributed by atoms with van der Waals surface area (Å²) in [6.45, 7) is 0.613. The van der Waals surface area contributed by atoms with Crippen LogP contribution in [0.4, 0.5) is 0 Å². The summed E-state index contributed by atoms with van der Waals surface area (Å²) in [4.78, 5) is 12.0. The van der Waals surface area contributed by atoms with Crippen LogP contribution < -0.4 is 14.8 Å². The molecule has 0 fully saturated rings. The molecule has 128 valence electrons. The number of hydrogen-bond acceptors (Lipinski definition) is 3. The fourth-order valence-electron chi connectivity index (χ4n) is 2.35. The molecule has 0 heterocycles. The van der Waals surface area contributed by atoms with E-state index in [1.807, 2.05) is 42.5 Å². The van der Waals surface area contributed by atoms with Crippen molar-refractivity contribution in [1.29, 1.82) is 0 Å². The second kappa shape index (κ2) is 9.18. The Labute approximate surface area is 147 Å². The molecule has 2 aromatic carbocycles. The van der Waals surface area contributed by atoms with Gasteiger partial charge in [0, 0.05) is 24.1 Å². The number of benzene rings is 2. The lowest BCUT2D eigenvalue weighted by Gasteiger charge is -2.09. The average molecular weight is 348 g/mol. The highest BCUT2D eigenvalue weighted by atomic mass is 35.5. The van der Waals surface area contributed by atoms with E-state index in [4.69, 9.17) is 21.1 Å². The molecule has 0 aromatic heterocycles. The summed E-state index contributed by atoms with van der Waals surface area (Å²) in [5, 5.41) is 3.66. The predicted molar refractivity (Wildman–Crippen MR) is 96.0 cm³/mol. The summed E-state index contributed by atoms with van der Waals surface area (Å²) in [7, 11) is 3.23. The van der Waals surface area contributed by atoms with E-state index in [-0.39, 0.29) is 5.91 Å². The number of amides is 1. The second-order valence-corrected chi connectivity index (χ2v) is 5.88. The predicted octanol–water partition coefficient (Wildman–Crippen LogP) is 3.65. The summed E-state index contributed by atoms with van der Waals surface area (Å²) in [5.74, 6) is 1.49. The Morgan fingerprint density at radius 3 is 2.17 bits per heavy atom. The minimum Gasteiger partial charge on any atom is -0.497 e. The summed E-state index contributed by atoms with van der Waals surface area (Å²) in [6, 6.07) is 13.3. The van der Waals surface area contributed by atoms with E-state index < -0.39 is 0 Å². The third-order valence-electron chi connectivity index (χ3n) is 3.70. The van der Waals surface area contributed by atoms with Crippen LogP contribution in [0.5, 0.6) is 11.5 Å². The van der Waals surface area contributed by atoms with Gasteiger partial charge in [-0.1, -0.05) is 23.7 Å². The van der Waals surface area contributed by atoms with E-state index in [9.17, 15) is 4.79 Å². The molecule has 0 aliphatic carbocycles. The monoisotopic (exact) mass is 347 g/mol. The Kier molecular flexibility index (Phi) is 6.94. The van der Waals surface area contributed by atoms with Gasteiger partial charge in [-0.15, -0.1) is 0 Å². The standard InChI is InChI=1S/C19H22ClNO3/c1-23-17-11-15(12-18(13-17)24-2)5-8-19(22)21-10-9-14-3-6-16(20)7-4-14/h3-4,6-7,11-13H,5,8-10H2,1-2H3,(H,21,22). The van der Waals surface area contributed by atoms with Gasteiger partial charge in [0.2, 0.25) is 5.91 Å². The number of rotatable bonds is 8. The van der Waals surface area contributed by atoms with Gasteiger partial charge in [0.25, 0.3) is 0 Å². The highest BCUT2D eigenvalue weighted by Crippen LogP contribution is 2.23. The minimum atomic E-state index is 0.0331. The van der Waals surface area contributed by atoms with Gasteiger partial charge in [-0.05, 0) is 48.2 Å². The van der Waals surface area contributed by atoms with Crippen LogP contribution in [-0.4, -0.2) is 26.7 Å². The SMILES string of the molecule is COc1cc(CCC(=O)NCCc2ccc(Cl)cc2)cc(OC)c1. The van der Waals surface area contributed by atoms with E-state index in [0.29, 0.717) is 19.4 Å². The number of carbonyl (C=O) groups excluding carboxylic acids is 1. The number of halogens is 1. The molecule has 0 atom stereocenters. The molecule has 0 aliphatic heterocycles. The van der Waals surface area contributed by atoms with Crippen LogP contribution in [0.1, 0.15) is 17.5 Å². The first kappa shape index (κ1) is 18.1. The summed E-state index contributed by atoms with van der Waals surface area (Å²) in [5.41, 5.74) is 2.16. The molecule has 1 amide bonds. The number of nitrogens with one attached hydrogen (secondary N) is 1. The zero-order chi connectivity index (χ0) is 17.4. The maximum absolute atomic E-state index is 12.0. The van der Waals surface area contributed by atoms with Crippen molar-refractivity contribution < 1.29 is 14.3 Å². The van der Waals surface area contributed by atoms with Crippen molar-refractivity contribution >= 4 is 17.5 Å². The van der Waals surface area contributed by atoms with Gasteiger partial charge >= 0.3 is 0 Å². The van der Waals surface area contributed by atoms with Crippen molar-refractivity contribution in [2.75, 3.05) is 20.8 Å². The molecule has 0 saturated heterocycles. The maximum atomic E-state index is 12.0. The highest BCUT2D eigenvalue weighted by Gasteiger charge is 2.06.